The van der Waals surface area contributed by atoms with E-state index in [9.17, 15) is 4.79 Å². The maximum absolute atomic E-state index is 12.3. The van der Waals surface area contributed by atoms with Gasteiger partial charge in [-0.15, -0.1) is 0 Å². The van der Waals surface area contributed by atoms with Gasteiger partial charge in [-0.2, -0.15) is 5.10 Å². The van der Waals surface area contributed by atoms with Crippen molar-refractivity contribution >= 4 is 11.7 Å². The van der Waals surface area contributed by atoms with Gasteiger partial charge in [0, 0.05) is 29.8 Å². The minimum absolute atomic E-state index is 0.0867. The van der Waals surface area contributed by atoms with Gasteiger partial charge in [0.1, 0.15) is 11.5 Å². The van der Waals surface area contributed by atoms with Gasteiger partial charge in [0.05, 0.1) is 6.33 Å². The third-order valence-electron chi connectivity index (χ3n) is 3.77. The molecule has 3 aromatic rings. The number of nitrogens with zero attached hydrogens (tertiary/aromatic N) is 2. The quantitative estimate of drug-likeness (QED) is 0.674. The number of aromatic amines is 2. The van der Waals surface area contributed by atoms with E-state index in [0.717, 1.165) is 22.7 Å². The highest BCUT2D eigenvalue weighted by Gasteiger charge is 2.19. The Morgan fingerprint density at radius 2 is 2.22 bits per heavy atom. The van der Waals surface area contributed by atoms with Crippen molar-refractivity contribution in [1.82, 2.24) is 20.2 Å². The molecule has 0 saturated heterocycles. The minimum atomic E-state index is -0.194. The van der Waals surface area contributed by atoms with Crippen LogP contribution < -0.4 is 5.32 Å². The van der Waals surface area contributed by atoms with E-state index in [1.54, 1.807) is 12.5 Å². The lowest BCUT2D eigenvalue weighted by Crippen LogP contribution is -2.22. The fraction of sp³-hybridized carbons (Fsp3) is 0.312. The predicted molar refractivity (Wildman–Crippen MR) is 85.8 cm³/mol. The molecular weight excluding hydrogens is 294 g/mol. The number of carbonyl (C=O) groups is 1. The highest BCUT2D eigenvalue weighted by atomic mass is 16.3. The number of aryl methyl sites for hydroxylation is 1. The van der Waals surface area contributed by atoms with Crippen LogP contribution in [0.5, 0.6) is 0 Å². The molecule has 0 aliphatic heterocycles. The van der Waals surface area contributed by atoms with Gasteiger partial charge in [-0.25, -0.2) is 4.98 Å². The summed E-state index contributed by atoms with van der Waals surface area (Å²) in [5.41, 5.74) is 2.55. The van der Waals surface area contributed by atoms with E-state index in [4.69, 9.17) is 4.42 Å². The minimum Gasteiger partial charge on any atom is -0.460 e. The molecule has 0 spiro atoms. The zero-order chi connectivity index (χ0) is 16.4. The molecule has 0 aromatic carbocycles. The van der Waals surface area contributed by atoms with E-state index in [1.807, 2.05) is 32.9 Å². The van der Waals surface area contributed by atoms with Gasteiger partial charge in [0.2, 0.25) is 5.91 Å². The van der Waals surface area contributed by atoms with Crippen LogP contribution in [0.3, 0.4) is 0 Å². The third kappa shape index (κ3) is 3.18. The van der Waals surface area contributed by atoms with Gasteiger partial charge in [-0.1, -0.05) is 6.92 Å². The molecule has 7 heteroatoms. The summed E-state index contributed by atoms with van der Waals surface area (Å²) >= 11 is 0. The van der Waals surface area contributed by atoms with Crippen LogP contribution in [0.25, 0.3) is 11.5 Å². The number of anilines is 1. The van der Waals surface area contributed by atoms with Gasteiger partial charge in [-0.05, 0) is 26.0 Å². The highest BCUT2D eigenvalue weighted by Crippen LogP contribution is 2.27. The molecule has 23 heavy (non-hydrogen) atoms. The van der Waals surface area contributed by atoms with Crippen molar-refractivity contribution in [1.29, 1.82) is 0 Å². The predicted octanol–water partition coefficient (Wildman–Crippen LogP) is 2.83. The fourth-order valence-electron chi connectivity index (χ4n) is 2.39. The van der Waals surface area contributed by atoms with E-state index in [1.165, 1.54) is 0 Å². The average Bonchev–Trinajstić information content (AvgIpc) is 3.23. The van der Waals surface area contributed by atoms with E-state index in [-0.39, 0.29) is 11.8 Å². The molecule has 3 N–H and O–H groups in total. The molecule has 0 aliphatic rings. The van der Waals surface area contributed by atoms with Gasteiger partial charge >= 0.3 is 0 Å². The molecule has 0 aliphatic carbocycles. The maximum Gasteiger partial charge on any atom is 0.228 e. The summed E-state index contributed by atoms with van der Waals surface area (Å²) in [7, 11) is 0. The summed E-state index contributed by atoms with van der Waals surface area (Å²) in [5, 5.41) is 9.96. The van der Waals surface area contributed by atoms with Crippen LogP contribution in [-0.2, 0) is 11.2 Å². The van der Waals surface area contributed by atoms with E-state index in [2.05, 4.69) is 25.5 Å². The lowest BCUT2D eigenvalue weighted by molar-refractivity contribution is -0.119. The normalized spacial score (nSPS) is 12.3. The van der Waals surface area contributed by atoms with Crippen molar-refractivity contribution in [2.45, 2.75) is 27.2 Å². The van der Waals surface area contributed by atoms with Crippen LogP contribution in [0, 0.1) is 19.8 Å². The van der Waals surface area contributed by atoms with Gasteiger partial charge in [0.25, 0.3) is 0 Å². The third-order valence-corrected chi connectivity index (χ3v) is 3.77. The van der Waals surface area contributed by atoms with Crippen LogP contribution in [0.1, 0.15) is 23.9 Å². The first-order chi connectivity index (χ1) is 11.0. The first-order valence-corrected chi connectivity index (χ1v) is 7.44. The van der Waals surface area contributed by atoms with Crippen molar-refractivity contribution < 1.29 is 9.21 Å². The Kier molecular flexibility index (Phi) is 4.01. The Labute approximate surface area is 133 Å². The molecule has 1 atom stereocenters. The van der Waals surface area contributed by atoms with E-state index < -0.39 is 0 Å². The smallest absolute Gasteiger partial charge is 0.228 e. The standard InChI is InChI=1S/C16H19N5O2/c1-9(6-12-7-17-8-18-12)16(22)19-15-11(3)14(20-21-15)13-5-4-10(2)23-13/h4-5,7-9H,6H2,1-3H3,(H,17,18)(H2,19,20,21,22). The molecular formula is C16H19N5O2. The van der Waals surface area contributed by atoms with Crippen molar-refractivity contribution in [3.63, 3.8) is 0 Å². The number of rotatable bonds is 5. The van der Waals surface area contributed by atoms with Gasteiger partial charge in [0.15, 0.2) is 11.6 Å². The summed E-state index contributed by atoms with van der Waals surface area (Å²) < 4.78 is 5.59. The van der Waals surface area contributed by atoms with Crippen LogP contribution in [-0.4, -0.2) is 26.1 Å². The SMILES string of the molecule is Cc1ccc(-c2[nH]nc(NC(=O)C(C)Cc3cnc[nH]3)c2C)o1. The summed E-state index contributed by atoms with van der Waals surface area (Å²) in [4.78, 5) is 19.3. The van der Waals surface area contributed by atoms with E-state index >= 15 is 0 Å². The molecule has 3 heterocycles. The monoisotopic (exact) mass is 313 g/mol. The Bertz CT molecular complexity index is 800. The first-order valence-electron chi connectivity index (χ1n) is 7.44. The average molecular weight is 313 g/mol. The molecule has 0 bridgehead atoms. The van der Waals surface area contributed by atoms with Gasteiger partial charge in [-0.3, -0.25) is 9.89 Å². The molecule has 1 amide bonds. The Balaban J connectivity index is 1.70. The van der Waals surface area contributed by atoms with Crippen molar-refractivity contribution in [2.75, 3.05) is 5.32 Å². The topological polar surface area (TPSA) is 99.6 Å². The number of imidazole rings is 1. The maximum atomic E-state index is 12.3. The number of nitrogens with one attached hydrogen (secondary N) is 3. The molecule has 3 rings (SSSR count). The second kappa shape index (κ2) is 6.12. The van der Waals surface area contributed by atoms with Crippen LogP contribution in [0.15, 0.2) is 29.1 Å². The Hall–Kier alpha value is -2.83. The largest absolute Gasteiger partial charge is 0.460 e. The van der Waals surface area contributed by atoms with Gasteiger partial charge < -0.3 is 14.7 Å². The number of hydrogen-bond donors (Lipinski definition) is 3. The molecule has 0 saturated carbocycles. The Morgan fingerprint density at radius 1 is 1.39 bits per heavy atom. The summed E-state index contributed by atoms with van der Waals surface area (Å²) in [6.07, 6.45) is 3.93. The number of carbonyl (C=O) groups excluding carboxylic acids is 1. The van der Waals surface area contributed by atoms with Crippen LogP contribution in [0.2, 0.25) is 0 Å². The molecule has 0 radical (unpaired) electrons. The summed E-state index contributed by atoms with van der Waals surface area (Å²) in [6, 6.07) is 3.77. The molecule has 7 nitrogen and oxygen atoms in total. The van der Waals surface area contributed by atoms with Crippen LogP contribution in [0.4, 0.5) is 5.82 Å². The molecule has 120 valence electrons. The lowest BCUT2D eigenvalue weighted by Gasteiger charge is -2.10. The Morgan fingerprint density at radius 3 is 2.87 bits per heavy atom. The van der Waals surface area contributed by atoms with E-state index in [0.29, 0.717) is 18.0 Å². The first kappa shape index (κ1) is 15.1. The summed E-state index contributed by atoms with van der Waals surface area (Å²) in [5.74, 6) is 1.78. The molecule has 3 aromatic heterocycles. The van der Waals surface area contributed by atoms with Crippen molar-refractivity contribution in [3.8, 4) is 11.5 Å². The number of amides is 1. The zero-order valence-corrected chi connectivity index (χ0v) is 13.3. The lowest BCUT2D eigenvalue weighted by atomic mass is 10.1. The summed E-state index contributed by atoms with van der Waals surface area (Å²) in [6.45, 7) is 5.65. The van der Waals surface area contributed by atoms with Crippen LogP contribution >= 0.6 is 0 Å². The molecule has 0 fully saturated rings. The van der Waals surface area contributed by atoms with Crippen molar-refractivity contribution in [2.24, 2.45) is 5.92 Å². The zero-order valence-electron chi connectivity index (χ0n) is 13.3. The number of H-pyrrole nitrogens is 2. The number of aromatic nitrogens is 4. The fourth-order valence-corrected chi connectivity index (χ4v) is 2.39. The van der Waals surface area contributed by atoms with Crippen molar-refractivity contribution in [3.05, 3.63) is 41.7 Å². The number of furan rings is 1. The highest BCUT2D eigenvalue weighted by molar-refractivity contribution is 5.93. The second-order valence-electron chi connectivity index (χ2n) is 5.65. The molecule has 1 unspecified atom stereocenters. The number of hydrogen-bond acceptors (Lipinski definition) is 4. The second-order valence-corrected chi connectivity index (χ2v) is 5.65.